The van der Waals surface area contributed by atoms with Crippen LogP contribution in [0.1, 0.15) is 75.3 Å². The lowest BCUT2D eigenvalue weighted by Gasteiger charge is -2.28. The van der Waals surface area contributed by atoms with Gasteiger partial charge in [-0.1, -0.05) is 48.2 Å². The number of benzene rings is 2. The maximum atomic E-state index is 12.4. The number of aromatic nitrogens is 1. The van der Waals surface area contributed by atoms with Crippen molar-refractivity contribution in [2.75, 3.05) is 18.4 Å². The van der Waals surface area contributed by atoms with Crippen LogP contribution in [0.25, 0.3) is 22.0 Å². The van der Waals surface area contributed by atoms with E-state index in [4.69, 9.17) is 0 Å². The highest BCUT2D eigenvalue weighted by Crippen LogP contribution is 2.42. The molecule has 0 spiro atoms. The molecular weight excluding hydrogens is 498 g/mol. The second kappa shape index (κ2) is 10.9. The average molecular weight is 537 g/mol. The summed E-state index contributed by atoms with van der Waals surface area (Å²) in [6.45, 7) is 7.34. The molecule has 5 rings (SSSR count). The molecule has 1 aromatic heterocycles. The topological polar surface area (TPSA) is 46.1 Å². The molecule has 0 unspecified atom stereocenters. The van der Waals surface area contributed by atoms with Gasteiger partial charge in [-0.25, -0.2) is 0 Å². The molecule has 1 aliphatic carbocycles. The maximum absolute atomic E-state index is 12.4. The predicted molar refractivity (Wildman–Crippen MR) is 150 cm³/mol. The molecule has 35 heavy (non-hydrogen) atoms. The Hall–Kier alpha value is -2.11. The average Bonchev–Trinajstić information content (AvgIpc) is 3.22. The highest BCUT2D eigenvalue weighted by molar-refractivity contribution is 9.10. The van der Waals surface area contributed by atoms with Crippen LogP contribution in [0.15, 0.2) is 41.0 Å². The Morgan fingerprint density at radius 1 is 1.06 bits per heavy atom. The van der Waals surface area contributed by atoms with E-state index in [2.05, 4.69) is 74.6 Å². The first kappa shape index (κ1) is 24.6. The van der Waals surface area contributed by atoms with Gasteiger partial charge in [-0.3, -0.25) is 4.79 Å². The Kier molecular flexibility index (Phi) is 7.64. The van der Waals surface area contributed by atoms with Gasteiger partial charge in [-0.2, -0.15) is 0 Å². The van der Waals surface area contributed by atoms with Gasteiger partial charge < -0.3 is 15.2 Å². The number of fused-ring (bicyclic) bond motifs is 1. The Labute approximate surface area is 218 Å². The van der Waals surface area contributed by atoms with Crippen LogP contribution < -0.4 is 10.6 Å². The normalized spacial score (nSPS) is 17.7. The zero-order valence-electron chi connectivity index (χ0n) is 21.1. The standard InChI is InChI=1S/C30H38BrN3O/c1-3-29(35)33-27-11-10-24(20(2)30(27)22-13-15-32-16-14-22)26-19-34(18-21-7-5-4-6-8-21)28-12-9-23(31)17-25(26)28/h9-12,17,19,21-22,32H,3-8,13-16,18H2,1-2H3,(H,33,35). The van der Waals surface area contributed by atoms with Gasteiger partial charge in [0.05, 0.1) is 0 Å². The number of anilines is 1. The van der Waals surface area contributed by atoms with Crippen molar-refractivity contribution in [1.82, 2.24) is 9.88 Å². The highest BCUT2D eigenvalue weighted by atomic mass is 79.9. The number of nitrogens with zero attached hydrogens (tertiary/aromatic N) is 1. The van der Waals surface area contributed by atoms with Crippen LogP contribution in [0.3, 0.4) is 0 Å². The van der Waals surface area contributed by atoms with E-state index in [0.29, 0.717) is 12.3 Å². The van der Waals surface area contributed by atoms with Crippen molar-refractivity contribution >= 4 is 38.4 Å². The number of hydrogen-bond acceptors (Lipinski definition) is 2. The fraction of sp³-hybridized carbons (Fsp3) is 0.500. The minimum absolute atomic E-state index is 0.0837. The lowest BCUT2D eigenvalue weighted by Crippen LogP contribution is -2.27. The van der Waals surface area contributed by atoms with Crippen LogP contribution in [-0.4, -0.2) is 23.6 Å². The summed E-state index contributed by atoms with van der Waals surface area (Å²) < 4.78 is 3.62. The molecule has 1 amide bonds. The van der Waals surface area contributed by atoms with Gasteiger partial charge in [-0.05, 0) is 98.5 Å². The third kappa shape index (κ3) is 5.22. The number of rotatable bonds is 6. The van der Waals surface area contributed by atoms with E-state index < -0.39 is 0 Å². The largest absolute Gasteiger partial charge is 0.347 e. The fourth-order valence-electron chi connectivity index (χ4n) is 6.29. The summed E-state index contributed by atoms with van der Waals surface area (Å²) in [4.78, 5) is 12.4. The smallest absolute Gasteiger partial charge is 0.224 e. The van der Waals surface area contributed by atoms with Crippen molar-refractivity contribution in [2.24, 2.45) is 5.92 Å². The highest BCUT2D eigenvalue weighted by Gasteiger charge is 2.24. The molecule has 2 heterocycles. The molecule has 4 nitrogen and oxygen atoms in total. The molecule has 5 heteroatoms. The quantitative estimate of drug-likeness (QED) is 0.338. The van der Waals surface area contributed by atoms with E-state index >= 15 is 0 Å². The summed E-state index contributed by atoms with van der Waals surface area (Å²) >= 11 is 3.73. The molecule has 0 radical (unpaired) electrons. The second-order valence-corrected chi connectivity index (χ2v) is 11.4. The lowest BCUT2D eigenvalue weighted by atomic mass is 9.83. The maximum Gasteiger partial charge on any atom is 0.224 e. The zero-order chi connectivity index (χ0) is 24.4. The predicted octanol–water partition coefficient (Wildman–Crippen LogP) is 7.78. The monoisotopic (exact) mass is 535 g/mol. The summed E-state index contributed by atoms with van der Waals surface area (Å²) in [5.41, 5.74) is 7.55. The first-order valence-corrected chi connectivity index (χ1v) is 14.3. The molecule has 3 aromatic rings. The summed E-state index contributed by atoms with van der Waals surface area (Å²) in [6.07, 6.45) is 11.9. The van der Waals surface area contributed by atoms with Gasteiger partial charge in [0.15, 0.2) is 0 Å². The van der Waals surface area contributed by atoms with Gasteiger partial charge in [0.2, 0.25) is 5.91 Å². The SMILES string of the molecule is CCC(=O)Nc1ccc(-c2cn(CC3CCCCC3)c3ccc(Br)cc23)c(C)c1C1CCNCC1. The molecule has 2 fully saturated rings. The number of carbonyl (C=O) groups excluding carboxylic acids is 1. The van der Waals surface area contributed by atoms with Crippen LogP contribution in [-0.2, 0) is 11.3 Å². The minimum atomic E-state index is 0.0837. The van der Waals surface area contributed by atoms with Crippen LogP contribution in [0.5, 0.6) is 0 Å². The number of halogens is 1. The molecule has 0 bridgehead atoms. The van der Waals surface area contributed by atoms with Crippen molar-refractivity contribution in [3.63, 3.8) is 0 Å². The summed E-state index contributed by atoms with van der Waals surface area (Å²) in [7, 11) is 0. The van der Waals surface area contributed by atoms with Gasteiger partial charge in [0, 0.05) is 45.8 Å². The number of amides is 1. The van der Waals surface area contributed by atoms with Gasteiger partial charge in [0.1, 0.15) is 0 Å². The number of carbonyl (C=O) groups is 1. The fourth-order valence-corrected chi connectivity index (χ4v) is 6.65. The number of nitrogens with one attached hydrogen (secondary N) is 2. The lowest BCUT2D eigenvalue weighted by molar-refractivity contribution is -0.115. The Morgan fingerprint density at radius 2 is 1.83 bits per heavy atom. The second-order valence-electron chi connectivity index (χ2n) is 10.5. The molecule has 1 aliphatic heterocycles. The Morgan fingerprint density at radius 3 is 2.57 bits per heavy atom. The number of piperidine rings is 1. The van der Waals surface area contributed by atoms with Crippen molar-refractivity contribution in [1.29, 1.82) is 0 Å². The van der Waals surface area contributed by atoms with Crippen LogP contribution in [0, 0.1) is 12.8 Å². The third-order valence-electron chi connectivity index (χ3n) is 8.17. The Balaban J connectivity index is 1.61. The minimum Gasteiger partial charge on any atom is -0.347 e. The number of hydrogen-bond donors (Lipinski definition) is 2. The summed E-state index contributed by atoms with van der Waals surface area (Å²) in [5, 5.41) is 8.01. The zero-order valence-corrected chi connectivity index (χ0v) is 22.7. The van der Waals surface area contributed by atoms with E-state index in [0.717, 1.165) is 48.6 Å². The van der Waals surface area contributed by atoms with Gasteiger partial charge >= 0.3 is 0 Å². The van der Waals surface area contributed by atoms with Gasteiger partial charge in [0.25, 0.3) is 0 Å². The molecule has 1 saturated carbocycles. The van der Waals surface area contributed by atoms with E-state index in [1.54, 1.807) is 0 Å². The summed E-state index contributed by atoms with van der Waals surface area (Å²) in [5.74, 6) is 1.32. The van der Waals surface area contributed by atoms with Crippen molar-refractivity contribution < 1.29 is 4.79 Å². The Bertz CT molecular complexity index is 1200. The van der Waals surface area contributed by atoms with Crippen LogP contribution >= 0.6 is 15.9 Å². The summed E-state index contributed by atoms with van der Waals surface area (Å²) in [6, 6.07) is 11.1. The van der Waals surface area contributed by atoms with Crippen LogP contribution in [0.2, 0.25) is 0 Å². The molecule has 0 atom stereocenters. The third-order valence-corrected chi connectivity index (χ3v) is 8.66. The van der Waals surface area contributed by atoms with E-state index in [1.807, 2.05) is 6.92 Å². The molecular formula is C30H38BrN3O. The van der Waals surface area contributed by atoms with Crippen molar-refractivity contribution in [2.45, 2.75) is 77.7 Å². The van der Waals surface area contributed by atoms with Crippen molar-refractivity contribution in [3.05, 3.63) is 52.1 Å². The molecule has 186 valence electrons. The molecule has 1 saturated heterocycles. The van der Waals surface area contributed by atoms with Crippen molar-refractivity contribution in [3.8, 4) is 11.1 Å². The molecule has 2 aromatic carbocycles. The van der Waals surface area contributed by atoms with Crippen LogP contribution in [0.4, 0.5) is 5.69 Å². The van der Waals surface area contributed by atoms with E-state index in [1.165, 1.54) is 65.3 Å². The van der Waals surface area contributed by atoms with E-state index in [9.17, 15) is 4.79 Å². The van der Waals surface area contributed by atoms with E-state index in [-0.39, 0.29) is 5.91 Å². The molecule has 2 aliphatic rings. The first-order valence-electron chi connectivity index (χ1n) is 13.5. The molecule has 2 N–H and O–H groups in total. The first-order chi connectivity index (χ1) is 17.0. The van der Waals surface area contributed by atoms with Gasteiger partial charge in [-0.15, -0.1) is 0 Å².